The summed E-state index contributed by atoms with van der Waals surface area (Å²) in [5.41, 5.74) is 3.43. The first-order chi connectivity index (χ1) is 11.8. The van der Waals surface area contributed by atoms with E-state index in [0.717, 1.165) is 34.6 Å². The summed E-state index contributed by atoms with van der Waals surface area (Å²) < 4.78 is 11.4. The molecule has 0 spiro atoms. The number of rotatable bonds is 3. The van der Waals surface area contributed by atoms with Gasteiger partial charge in [-0.05, 0) is 63.1 Å². The largest absolute Gasteiger partial charge is 0.496 e. The fourth-order valence-corrected chi connectivity index (χ4v) is 3.35. The van der Waals surface area contributed by atoms with Gasteiger partial charge in [-0.25, -0.2) is 0 Å². The molecule has 2 aromatic carbocycles. The molecule has 0 fully saturated rings. The molecule has 0 bridgehead atoms. The van der Waals surface area contributed by atoms with Crippen LogP contribution in [0.5, 0.6) is 11.5 Å². The smallest absolute Gasteiger partial charge is 0.251 e. The zero-order valence-electron chi connectivity index (χ0n) is 15.5. The molecule has 1 heterocycles. The van der Waals surface area contributed by atoms with Crippen LogP contribution in [0.4, 0.5) is 0 Å². The third-order valence-electron chi connectivity index (χ3n) is 4.59. The van der Waals surface area contributed by atoms with Gasteiger partial charge in [0.05, 0.1) is 13.2 Å². The number of methoxy groups -OCH3 is 1. The monoisotopic (exact) mass is 339 g/mol. The average Bonchev–Trinajstić information content (AvgIpc) is 2.53. The van der Waals surface area contributed by atoms with E-state index in [9.17, 15) is 4.79 Å². The number of hydrogen-bond acceptors (Lipinski definition) is 3. The van der Waals surface area contributed by atoms with E-state index >= 15 is 0 Å². The molecule has 0 saturated heterocycles. The molecule has 1 amide bonds. The zero-order valence-corrected chi connectivity index (χ0v) is 15.5. The molecule has 0 aromatic heterocycles. The van der Waals surface area contributed by atoms with Crippen molar-refractivity contribution in [2.24, 2.45) is 0 Å². The van der Waals surface area contributed by atoms with Crippen LogP contribution in [0.25, 0.3) is 0 Å². The minimum Gasteiger partial charge on any atom is -0.496 e. The number of ether oxygens (including phenoxy) is 2. The normalized spacial score (nSPS) is 18.0. The number of carbonyl (C=O) groups excluding carboxylic acids is 1. The minimum atomic E-state index is -0.325. The average molecular weight is 339 g/mol. The predicted octanol–water partition coefficient (Wildman–Crippen LogP) is 4.34. The van der Waals surface area contributed by atoms with Gasteiger partial charge in [-0.1, -0.05) is 12.1 Å². The van der Waals surface area contributed by atoms with Crippen LogP contribution in [-0.2, 0) is 0 Å². The highest BCUT2D eigenvalue weighted by Gasteiger charge is 2.34. The zero-order chi connectivity index (χ0) is 18.2. The van der Waals surface area contributed by atoms with Crippen molar-refractivity contribution in [1.82, 2.24) is 5.32 Å². The molecular weight excluding hydrogens is 314 g/mol. The molecule has 4 heteroatoms. The van der Waals surface area contributed by atoms with Crippen LogP contribution < -0.4 is 14.8 Å². The van der Waals surface area contributed by atoms with E-state index in [1.54, 1.807) is 13.2 Å². The van der Waals surface area contributed by atoms with Crippen LogP contribution in [0.1, 0.15) is 53.4 Å². The SMILES string of the molecule is COc1ccc(C(=O)NC2CC(C)(C)Oc3cc(C)ccc32)cc1C. The third kappa shape index (κ3) is 3.63. The fraction of sp³-hybridized carbons (Fsp3) is 0.381. The maximum Gasteiger partial charge on any atom is 0.251 e. The number of hydrogen-bond donors (Lipinski definition) is 1. The number of carbonyl (C=O) groups is 1. The first-order valence-electron chi connectivity index (χ1n) is 8.54. The van der Waals surface area contributed by atoms with Gasteiger partial charge in [-0.2, -0.15) is 0 Å². The van der Waals surface area contributed by atoms with Crippen molar-refractivity contribution in [3.8, 4) is 11.5 Å². The van der Waals surface area contributed by atoms with E-state index in [1.807, 2.05) is 38.1 Å². The molecule has 25 heavy (non-hydrogen) atoms. The van der Waals surface area contributed by atoms with Gasteiger partial charge in [0.15, 0.2) is 0 Å². The summed E-state index contributed by atoms with van der Waals surface area (Å²) in [7, 11) is 1.63. The predicted molar refractivity (Wildman–Crippen MR) is 98.4 cm³/mol. The lowest BCUT2D eigenvalue weighted by atomic mass is 9.89. The molecule has 0 radical (unpaired) electrons. The van der Waals surface area contributed by atoms with Crippen molar-refractivity contribution in [3.63, 3.8) is 0 Å². The number of benzene rings is 2. The van der Waals surface area contributed by atoms with Crippen LogP contribution >= 0.6 is 0 Å². The summed E-state index contributed by atoms with van der Waals surface area (Å²) in [5, 5.41) is 3.17. The molecule has 1 atom stereocenters. The second-order valence-electron chi connectivity index (χ2n) is 7.32. The summed E-state index contributed by atoms with van der Waals surface area (Å²) in [6, 6.07) is 11.5. The summed E-state index contributed by atoms with van der Waals surface area (Å²) in [6.07, 6.45) is 0.726. The van der Waals surface area contributed by atoms with Gasteiger partial charge in [0.25, 0.3) is 5.91 Å². The van der Waals surface area contributed by atoms with Crippen molar-refractivity contribution < 1.29 is 14.3 Å². The molecule has 1 aliphatic rings. The Balaban J connectivity index is 1.87. The van der Waals surface area contributed by atoms with Gasteiger partial charge in [-0.15, -0.1) is 0 Å². The highest BCUT2D eigenvalue weighted by Crippen LogP contribution is 2.40. The number of fused-ring (bicyclic) bond motifs is 1. The van der Waals surface area contributed by atoms with Crippen molar-refractivity contribution in [3.05, 3.63) is 58.7 Å². The van der Waals surface area contributed by atoms with E-state index in [2.05, 4.69) is 25.2 Å². The van der Waals surface area contributed by atoms with E-state index in [4.69, 9.17) is 9.47 Å². The molecule has 1 N–H and O–H groups in total. The summed E-state index contributed by atoms with van der Waals surface area (Å²) in [5.74, 6) is 1.55. The van der Waals surface area contributed by atoms with Crippen molar-refractivity contribution in [2.75, 3.05) is 7.11 Å². The Morgan fingerprint density at radius 1 is 1.20 bits per heavy atom. The van der Waals surface area contributed by atoms with Gasteiger partial charge in [0.2, 0.25) is 0 Å². The topological polar surface area (TPSA) is 47.6 Å². The van der Waals surface area contributed by atoms with Crippen LogP contribution in [0.15, 0.2) is 36.4 Å². The number of aryl methyl sites for hydroxylation is 2. The first-order valence-corrected chi connectivity index (χ1v) is 8.54. The Kier molecular flexibility index (Phi) is 4.46. The van der Waals surface area contributed by atoms with E-state index in [0.29, 0.717) is 5.56 Å². The Bertz CT molecular complexity index is 811. The van der Waals surface area contributed by atoms with Crippen molar-refractivity contribution in [1.29, 1.82) is 0 Å². The van der Waals surface area contributed by atoms with Crippen LogP contribution in [0.3, 0.4) is 0 Å². The summed E-state index contributed by atoms with van der Waals surface area (Å²) in [6.45, 7) is 8.08. The molecule has 4 nitrogen and oxygen atoms in total. The second-order valence-corrected chi connectivity index (χ2v) is 7.32. The van der Waals surface area contributed by atoms with Gasteiger partial charge >= 0.3 is 0 Å². The summed E-state index contributed by atoms with van der Waals surface area (Å²) >= 11 is 0. The fourth-order valence-electron chi connectivity index (χ4n) is 3.35. The molecule has 2 aromatic rings. The third-order valence-corrected chi connectivity index (χ3v) is 4.59. The molecule has 132 valence electrons. The quantitative estimate of drug-likeness (QED) is 0.904. The van der Waals surface area contributed by atoms with Crippen LogP contribution in [0.2, 0.25) is 0 Å². The lowest BCUT2D eigenvalue weighted by Gasteiger charge is -2.38. The highest BCUT2D eigenvalue weighted by atomic mass is 16.5. The van der Waals surface area contributed by atoms with E-state index in [1.165, 1.54) is 0 Å². The molecule has 0 saturated carbocycles. The summed E-state index contributed by atoms with van der Waals surface area (Å²) in [4.78, 5) is 12.8. The number of amides is 1. The van der Waals surface area contributed by atoms with Gasteiger partial charge in [0, 0.05) is 17.5 Å². The maximum absolute atomic E-state index is 12.8. The van der Waals surface area contributed by atoms with Gasteiger partial charge < -0.3 is 14.8 Å². The Hall–Kier alpha value is -2.49. The Labute approximate surface area is 149 Å². The molecule has 0 aliphatic carbocycles. The lowest BCUT2D eigenvalue weighted by molar-refractivity contribution is 0.0619. The van der Waals surface area contributed by atoms with Crippen LogP contribution in [0, 0.1) is 13.8 Å². The second kappa shape index (κ2) is 6.43. The van der Waals surface area contributed by atoms with Gasteiger partial charge in [-0.3, -0.25) is 4.79 Å². The number of nitrogens with one attached hydrogen (secondary N) is 1. The lowest BCUT2D eigenvalue weighted by Crippen LogP contribution is -2.41. The van der Waals surface area contributed by atoms with Crippen molar-refractivity contribution >= 4 is 5.91 Å². The standard InChI is InChI=1S/C21H25NO3/c1-13-6-8-16-17(12-21(3,4)25-19(16)10-13)22-20(23)15-7-9-18(24-5)14(2)11-15/h6-11,17H,12H2,1-5H3,(H,22,23). The molecule has 1 aliphatic heterocycles. The molecular formula is C21H25NO3. The Morgan fingerprint density at radius 2 is 1.96 bits per heavy atom. The maximum atomic E-state index is 12.8. The first kappa shape index (κ1) is 17.3. The molecule has 1 unspecified atom stereocenters. The van der Waals surface area contributed by atoms with Crippen molar-refractivity contribution in [2.45, 2.75) is 45.8 Å². The van der Waals surface area contributed by atoms with Crippen LogP contribution in [-0.4, -0.2) is 18.6 Å². The van der Waals surface area contributed by atoms with Gasteiger partial charge in [0.1, 0.15) is 17.1 Å². The highest BCUT2D eigenvalue weighted by molar-refractivity contribution is 5.95. The van der Waals surface area contributed by atoms with E-state index in [-0.39, 0.29) is 17.6 Å². The minimum absolute atomic E-state index is 0.0748. The van der Waals surface area contributed by atoms with E-state index < -0.39 is 0 Å². The Morgan fingerprint density at radius 3 is 2.64 bits per heavy atom. The molecule has 3 rings (SSSR count).